The number of aryl methyl sites for hydroxylation is 1. The van der Waals surface area contributed by atoms with E-state index in [0.29, 0.717) is 16.9 Å². The number of hydrogen-bond donors (Lipinski definition) is 3. The second-order valence-corrected chi connectivity index (χ2v) is 6.08. The molecule has 2 aromatic heterocycles. The normalized spacial score (nSPS) is 12.8. The van der Waals surface area contributed by atoms with E-state index in [1.807, 2.05) is 0 Å². The molecule has 0 spiro atoms. The summed E-state index contributed by atoms with van der Waals surface area (Å²) in [6.45, 7) is 1.78. The summed E-state index contributed by atoms with van der Waals surface area (Å²) in [5.74, 6) is -1.40. The van der Waals surface area contributed by atoms with E-state index in [4.69, 9.17) is 5.73 Å². The summed E-state index contributed by atoms with van der Waals surface area (Å²) in [6.07, 6.45) is 0. The van der Waals surface area contributed by atoms with Crippen LogP contribution in [-0.4, -0.2) is 26.6 Å². The highest BCUT2D eigenvalue weighted by Gasteiger charge is 2.32. The smallest absolute Gasteiger partial charge is 0.264 e. The van der Waals surface area contributed by atoms with Gasteiger partial charge in [-0.15, -0.1) is 0 Å². The van der Waals surface area contributed by atoms with Crippen LogP contribution in [0.4, 0.5) is 5.82 Å². The Labute approximate surface area is 151 Å². The highest BCUT2D eigenvalue weighted by molar-refractivity contribution is 6.23. The second kappa shape index (κ2) is 5.77. The Hall–Kier alpha value is -4.01. The van der Waals surface area contributed by atoms with Crippen molar-refractivity contribution in [3.05, 3.63) is 73.8 Å². The van der Waals surface area contributed by atoms with Gasteiger partial charge in [0.2, 0.25) is 0 Å². The molecule has 0 unspecified atom stereocenters. The molecule has 0 saturated heterocycles. The number of fused-ring (bicyclic) bond motifs is 1. The number of pyridine rings is 1. The largest absolute Gasteiger partial charge is 0.384 e. The molecule has 9 heteroatoms. The Morgan fingerprint density at radius 2 is 1.78 bits per heavy atom. The maximum Gasteiger partial charge on any atom is 0.264 e. The van der Waals surface area contributed by atoms with Gasteiger partial charge in [0, 0.05) is 17.7 Å². The lowest BCUT2D eigenvalue weighted by Gasteiger charge is -2.15. The van der Waals surface area contributed by atoms with Crippen LogP contribution in [0.25, 0.3) is 16.9 Å². The number of nitrogen functional groups attached to an aromatic ring is 1. The van der Waals surface area contributed by atoms with Gasteiger partial charge in [0.25, 0.3) is 22.9 Å². The predicted octanol–water partition coefficient (Wildman–Crippen LogP) is 0.362. The summed E-state index contributed by atoms with van der Waals surface area (Å²) in [5, 5.41) is 8.46. The number of nitrogens with zero attached hydrogens (tertiary/aromatic N) is 2. The third-order valence-corrected chi connectivity index (χ3v) is 4.38. The quantitative estimate of drug-likeness (QED) is 0.562. The van der Waals surface area contributed by atoms with Crippen LogP contribution in [0.1, 0.15) is 26.3 Å². The monoisotopic (exact) mass is 363 g/mol. The average Bonchev–Trinajstić information content (AvgIpc) is 2.91. The molecule has 4 rings (SSSR count). The van der Waals surface area contributed by atoms with Gasteiger partial charge in [-0.2, -0.15) is 5.10 Å². The summed E-state index contributed by atoms with van der Waals surface area (Å²) in [6, 6.07) is 9.21. The molecule has 1 aromatic carbocycles. The minimum absolute atomic E-state index is 0.0217. The highest BCUT2D eigenvalue weighted by atomic mass is 16.2. The zero-order valence-corrected chi connectivity index (χ0v) is 14.1. The number of nitrogens with one attached hydrogen (secondary N) is 2. The topological polar surface area (TPSA) is 140 Å². The molecule has 0 aliphatic carbocycles. The van der Waals surface area contributed by atoms with Crippen LogP contribution in [0.15, 0.2) is 46.0 Å². The molecule has 3 aromatic rings. The van der Waals surface area contributed by atoms with Crippen molar-refractivity contribution in [1.29, 1.82) is 0 Å². The minimum Gasteiger partial charge on any atom is -0.384 e. The van der Waals surface area contributed by atoms with Crippen LogP contribution in [0, 0.1) is 6.92 Å². The van der Waals surface area contributed by atoms with Crippen molar-refractivity contribution in [2.75, 3.05) is 5.73 Å². The standard InChI is InChI=1S/C18H13N5O4/c1-8-2-3-9(11-4-5-13(24)22-21-11)6-12(8)23-14(25)7-10-15(16(23)19)18(27)20-17(10)26/h2-7H,19H2,1H3,(H,22,24)(H,20,26,27). The lowest BCUT2D eigenvalue weighted by Crippen LogP contribution is -2.24. The van der Waals surface area contributed by atoms with E-state index in [1.165, 1.54) is 10.6 Å². The number of carbonyl (C=O) groups is 2. The van der Waals surface area contributed by atoms with Gasteiger partial charge in [-0.25, -0.2) is 5.10 Å². The van der Waals surface area contributed by atoms with E-state index in [-0.39, 0.29) is 22.5 Å². The van der Waals surface area contributed by atoms with Gasteiger partial charge in [0.15, 0.2) is 0 Å². The first-order valence-electron chi connectivity index (χ1n) is 7.95. The molecule has 1 aliphatic heterocycles. The van der Waals surface area contributed by atoms with Crippen molar-refractivity contribution in [3.63, 3.8) is 0 Å². The molecule has 3 heterocycles. The lowest BCUT2D eigenvalue weighted by molar-refractivity contribution is 0.0880. The number of aromatic amines is 1. The number of hydrogen-bond acceptors (Lipinski definition) is 6. The first-order valence-corrected chi connectivity index (χ1v) is 7.95. The van der Waals surface area contributed by atoms with E-state index in [1.54, 1.807) is 31.2 Å². The summed E-state index contributed by atoms with van der Waals surface area (Å²) in [5.41, 5.74) is 7.46. The number of H-pyrrole nitrogens is 1. The molecule has 9 nitrogen and oxygen atoms in total. The molecule has 2 amide bonds. The van der Waals surface area contributed by atoms with E-state index >= 15 is 0 Å². The van der Waals surface area contributed by atoms with Gasteiger partial charge in [0.05, 0.1) is 22.5 Å². The van der Waals surface area contributed by atoms with Gasteiger partial charge in [-0.3, -0.25) is 29.1 Å². The average molecular weight is 363 g/mol. The summed E-state index contributed by atoms with van der Waals surface area (Å²) in [4.78, 5) is 47.6. The Morgan fingerprint density at radius 3 is 2.48 bits per heavy atom. The van der Waals surface area contributed by atoms with E-state index < -0.39 is 17.4 Å². The maximum atomic E-state index is 12.6. The molecule has 0 bridgehead atoms. The van der Waals surface area contributed by atoms with Gasteiger partial charge in [-0.05, 0) is 24.6 Å². The third kappa shape index (κ3) is 2.53. The number of imide groups is 1. The first-order chi connectivity index (χ1) is 12.9. The zero-order chi connectivity index (χ0) is 19.3. The Balaban J connectivity index is 1.96. The van der Waals surface area contributed by atoms with Crippen LogP contribution in [-0.2, 0) is 0 Å². The zero-order valence-electron chi connectivity index (χ0n) is 14.1. The number of rotatable bonds is 2. The van der Waals surface area contributed by atoms with E-state index in [9.17, 15) is 19.2 Å². The number of aromatic nitrogens is 3. The highest BCUT2D eigenvalue weighted by Crippen LogP contribution is 2.27. The predicted molar refractivity (Wildman–Crippen MR) is 96.8 cm³/mol. The summed E-state index contributed by atoms with van der Waals surface area (Å²) in [7, 11) is 0. The fourth-order valence-electron chi connectivity index (χ4n) is 3.04. The van der Waals surface area contributed by atoms with Crippen LogP contribution >= 0.6 is 0 Å². The third-order valence-electron chi connectivity index (χ3n) is 4.38. The van der Waals surface area contributed by atoms with Gasteiger partial charge >= 0.3 is 0 Å². The summed E-state index contributed by atoms with van der Waals surface area (Å²) >= 11 is 0. The van der Waals surface area contributed by atoms with E-state index in [2.05, 4.69) is 15.5 Å². The van der Waals surface area contributed by atoms with E-state index in [0.717, 1.165) is 11.6 Å². The van der Waals surface area contributed by atoms with Crippen LogP contribution in [0.3, 0.4) is 0 Å². The number of benzene rings is 1. The van der Waals surface area contributed by atoms with Crippen LogP contribution in [0.5, 0.6) is 0 Å². The van der Waals surface area contributed by atoms with Crippen molar-refractivity contribution < 1.29 is 9.59 Å². The molecule has 4 N–H and O–H groups in total. The summed E-state index contributed by atoms with van der Waals surface area (Å²) < 4.78 is 1.18. The van der Waals surface area contributed by atoms with Crippen molar-refractivity contribution in [1.82, 2.24) is 20.1 Å². The second-order valence-electron chi connectivity index (χ2n) is 6.08. The Kier molecular flexibility index (Phi) is 3.51. The van der Waals surface area contributed by atoms with Crippen LogP contribution < -0.4 is 22.2 Å². The molecule has 0 saturated carbocycles. The molecular formula is C18H13N5O4. The van der Waals surface area contributed by atoms with Crippen LogP contribution in [0.2, 0.25) is 0 Å². The number of amides is 2. The van der Waals surface area contributed by atoms with Gasteiger partial charge < -0.3 is 5.73 Å². The number of anilines is 1. The first kappa shape index (κ1) is 16.5. The maximum absolute atomic E-state index is 12.6. The molecule has 0 fully saturated rings. The molecular weight excluding hydrogens is 350 g/mol. The van der Waals surface area contributed by atoms with Crippen molar-refractivity contribution in [3.8, 4) is 16.9 Å². The number of carbonyl (C=O) groups excluding carboxylic acids is 2. The number of nitrogens with two attached hydrogens (primary N) is 1. The van der Waals surface area contributed by atoms with Crippen molar-refractivity contribution in [2.24, 2.45) is 0 Å². The van der Waals surface area contributed by atoms with Crippen molar-refractivity contribution in [2.45, 2.75) is 6.92 Å². The Bertz CT molecular complexity index is 1240. The fourth-order valence-corrected chi connectivity index (χ4v) is 3.04. The molecule has 0 atom stereocenters. The van der Waals surface area contributed by atoms with Crippen molar-refractivity contribution >= 4 is 17.6 Å². The fraction of sp³-hybridized carbons (Fsp3) is 0.0556. The molecule has 0 radical (unpaired) electrons. The molecule has 134 valence electrons. The van der Waals surface area contributed by atoms with Gasteiger partial charge in [-0.1, -0.05) is 12.1 Å². The molecule has 1 aliphatic rings. The minimum atomic E-state index is -0.645. The van der Waals surface area contributed by atoms with Gasteiger partial charge in [0.1, 0.15) is 5.82 Å². The Morgan fingerprint density at radius 1 is 1.00 bits per heavy atom. The SMILES string of the molecule is Cc1ccc(-c2ccc(=O)[nH]n2)cc1-n1c(N)c2c(cc1=O)C(=O)NC2=O. The molecule has 27 heavy (non-hydrogen) atoms. The lowest BCUT2D eigenvalue weighted by atomic mass is 10.1.